The van der Waals surface area contributed by atoms with Gasteiger partial charge in [-0.25, -0.2) is 0 Å². The highest BCUT2D eigenvalue weighted by Crippen LogP contribution is 2.31. The van der Waals surface area contributed by atoms with E-state index >= 15 is 0 Å². The lowest BCUT2D eigenvalue weighted by molar-refractivity contribution is -0.131. The van der Waals surface area contributed by atoms with Crippen molar-refractivity contribution in [1.82, 2.24) is 0 Å². The summed E-state index contributed by atoms with van der Waals surface area (Å²) in [5, 5.41) is 5.46. The van der Waals surface area contributed by atoms with Crippen molar-refractivity contribution in [3.05, 3.63) is 65.7 Å². The fraction of sp³-hybridized carbons (Fsp3) is 0.192. The maximum atomic E-state index is 13.1. The molecule has 0 aromatic heterocycles. The summed E-state index contributed by atoms with van der Waals surface area (Å²) in [6.45, 7) is 1.22. The molecule has 0 aliphatic heterocycles. The highest BCUT2D eigenvalue weighted by molar-refractivity contribution is 6.10. The van der Waals surface area contributed by atoms with Gasteiger partial charge in [-0.05, 0) is 42.5 Å². The van der Waals surface area contributed by atoms with Crippen molar-refractivity contribution < 1.29 is 38.1 Å². The van der Waals surface area contributed by atoms with Gasteiger partial charge in [-0.2, -0.15) is 0 Å². The normalized spacial score (nSPS) is 10.1. The number of ether oxygens (including phenoxy) is 5. The van der Waals surface area contributed by atoms with Crippen molar-refractivity contribution in [1.29, 1.82) is 0 Å². The first-order valence-corrected chi connectivity index (χ1v) is 10.7. The number of rotatable bonds is 9. The number of benzene rings is 3. The van der Waals surface area contributed by atoms with Crippen molar-refractivity contribution in [2.45, 2.75) is 6.92 Å². The van der Waals surface area contributed by atoms with Crippen LogP contribution in [0, 0.1) is 0 Å². The summed E-state index contributed by atoms with van der Waals surface area (Å²) in [5.41, 5.74) is 0.891. The smallest absolute Gasteiger partial charge is 0.308 e. The van der Waals surface area contributed by atoms with E-state index in [1.807, 2.05) is 0 Å². The van der Waals surface area contributed by atoms with Crippen molar-refractivity contribution >= 4 is 29.2 Å². The van der Waals surface area contributed by atoms with Gasteiger partial charge >= 0.3 is 5.97 Å². The number of carbonyl (C=O) groups excluding carboxylic acids is 3. The largest absolute Gasteiger partial charge is 0.497 e. The van der Waals surface area contributed by atoms with E-state index in [1.54, 1.807) is 36.4 Å². The Morgan fingerprint density at radius 2 is 1.14 bits per heavy atom. The van der Waals surface area contributed by atoms with Gasteiger partial charge in [-0.15, -0.1) is 0 Å². The van der Waals surface area contributed by atoms with E-state index < -0.39 is 17.8 Å². The summed E-state index contributed by atoms with van der Waals surface area (Å²) in [7, 11) is 5.94. The lowest BCUT2D eigenvalue weighted by Gasteiger charge is -2.14. The third kappa shape index (κ3) is 6.23. The number of methoxy groups -OCH3 is 4. The number of carbonyl (C=O) groups is 3. The first-order chi connectivity index (χ1) is 17.3. The number of amides is 2. The zero-order valence-corrected chi connectivity index (χ0v) is 20.5. The number of esters is 1. The minimum Gasteiger partial charge on any atom is -0.497 e. The minimum atomic E-state index is -0.606. The van der Waals surface area contributed by atoms with Crippen LogP contribution in [-0.2, 0) is 4.79 Å². The lowest BCUT2D eigenvalue weighted by atomic mass is 10.1. The Morgan fingerprint density at radius 3 is 1.69 bits per heavy atom. The molecule has 0 saturated carbocycles. The molecule has 0 spiro atoms. The number of hydrogen-bond donors (Lipinski definition) is 2. The predicted octanol–water partition coefficient (Wildman–Crippen LogP) is 4.15. The van der Waals surface area contributed by atoms with Gasteiger partial charge in [0.2, 0.25) is 0 Å². The minimum absolute atomic E-state index is 0.0274. The van der Waals surface area contributed by atoms with Crippen LogP contribution >= 0.6 is 0 Å². The summed E-state index contributed by atoms with van der Waals surface area (Å²) in [6.07, 6.45) is 0. The van der Waals surface area contributed by atoms with Gasteiger partial charge < -0.3 is 34.3 Å². The summed E-state index contributed by atoms with van der Waals surface area (Å²) in [4.78, 5) is 37.8. The Labute approximate surface area is 208 Å². The van der Waals surface area contributed by atoms with E-state index in [0.717, 1.165) is 0 Å². The van der Waals surface area contributed by atoms with Crippen LogP contribution in [0.25, 0.3) is 0 Å². The Kier molecular flexibility index (Phi) is 8.35. The molecule has 2 amide bonds. The van der Waals surface area contributed by atoms with E-state index in [0.29, 0.717) is 34.4 Å². The predicted molar refractivity (Wildman–Crippen MR) is 133 cm³/mol. The molecule has 3 aromatic carbocycles. The molecule has 2 N–H and O–H groups in total. The molecule has 0 aliphatic carbocycles. The van der Waals surface area contributed by atoms with Crippen molar-refractivity contribution in [3.8, 4) is 28.7 Å². The Hall–Kier alpha value is -4.73. The summed E-state index contributed by atoms with van der Waals surface area (Å²) >= 11 is 0. The van der Waals surface area contributed by atoms with Crippen LogP contribution in [0.5, 0.6) is 28.7 Å². The molecule has 0 radical (unpaired) electrons. The van der Waals surface area contributed by atoms with E-state index in [1.165, 1.54) is 53.6 Å². The molecule has 10 nitrogen and oxygen atoms in total. The van der Waals surface area contributed by atoms with Crippen LogP contribution in [-0.4, -0.2) is 46.2 Å². The fourth-order valence-electron chi connectivity index (χ4n) is 3.29. The Balaban J connectivity index is 1.94. The fourth-order valence-corrected chi connectivity index (χ4v) is 3.29. The molecule has 0 atom stereocenters. The topological polar surface area (TPSA) is 121 Å². The first kappa shape index (κ1) is 25.9. The van der Waals surface area contributed by atoms with Gasteiger partial charge in [0.25, 0.3) is 11.8 Å². The van der Waals surface area contributed by atoms with E-state index in [9.17, 15) is 14.4 Å². The van der Waals surface area contributed by atoms with Crippen LogP contribution in [0.3, 0.4) is 0 Å². The molecule has 36 heavy (non-hydrogen) atoms. The van der Waals surface area contributed by atoms with Gasteiger partial charge in [0.1, 0.15) is 28.7 Å². The number of anilines is 2. The molecule has 0 saturated heterocycles. The van der Waals surface area contributed by atoms with Crippen LogP contribution in [0.2, 0.25) is 0 Å². The molecule has 3 rings (SSSR count). The standard InChI is InChI=1S/C26H26N2O8/c1-15(29)36-20-11-16(25(30)27-21-8-6-19(33-3)14-24(21)35-5)10-17(12-20)26(31)28-22-13-18(32-2)7-9-23(22)34-4/h6-14H,1-5H3,(H,27,30)(H,28,31). The molecule has 188 valence electrons. The quantitative estimate of drug-likeness (QED) is 0.336. The number of nitrogens with one attached hydrogen (secondary N) is 2. The second kappa shape index (κ2) is 11.6. The van der Waals surface area contributed by atoms with Crippen LogP contribution in [0.1, 0.15) is 27.6 Å². The molecule has 0 fully saturated rings. The first-order valence-electron chi connectivity index (χ1n) is 10.7. The van der Waals surface area contributed by atoms with Crippen molar-refractivity contribution in [3.63, 3.8) is 0 Å². The molecule has 3 aromatic rings. The average molecular weight is 495 g/mol. The molecule has 10 heteroatoms. The van der Waals surface area contributed by atoms with Gasteiger partial charge in [0.15, 0.2) is 0 Å². The SMILES string of the molecule is COc1ccc(OC)c(NC(=O)c2cc(OC(C)=O)cc(C(=O)Nc3ccc(OC)cc3OC)c2)c1. The van der Waals surface area contributed by atoms with E-state index in [4.69, 9.17) is 23.7 Å². The molecular weight excluding hydrogens is 468 g/mol. The van der Waals surface area contributed by atoms with Crippen molar-refractivity contribution in [2.24, 2.45) is 0 Å². The van der Waals surface area contributed by atoms with Gasteiger partial charge in [0.05, 0.1) is 39.8 Å². The summed E-state index contributed by atoms with van der Waals surface area (Å²) in [5.74, 6) is 0.144. The van der Waals surface area contributed by atoms with Crippen LogP contribution < -0.4 is 34.3 Å². The third-order valence-corrected chi connectivity index (χ3v) is 5.00. The third-order valence-electron chi connectivity index (χ3n) is 5.00. The van der Waals surface area contributed by atoms with E-state index in [2.05, 4.69) is 10.6 Å². The molecule has 0 aliphatic rings. The summed E-state index contributed by atoms with van der Waals surface area (Å²) in [6, 6.07) is 13.9. The average Bonchev–Trinajstić information content (AvgIpc) is 2.88. The highest BCUT2D eigenvalue weighted by Gasteiger charge is 2.18. The van der Waals surface area contributed by atoms with Crippen molar-refractivity contribution in [2.75, 3.05) is 39.1 Å². The summed E-state index contributed by atoms with van der Waals surface area (Å²) < 4.78 is 26.2. The maximum absolute atomic E-state index is 13.1. The second-order valence-corrected chi connectivity index (χ2v) is 7.38. The Bertz CT molecular complexity index is 1290. The molecule has 0 bridgehead atoms. The zero-order valence-electron chi connectivity index (χ0n) is 20.5. The molecule has 0 heterocycles. The van der Waals surface area contributed by atoms with Crippen LogP contribution in [0.4, 0.5) is 11.4 Å². The Morgan fingerprint density at radius 1 is 0.583 bits per heavy atom. The van der Waals surface area contributed by atoms with Gasteiger partial charge in [-0.3, -0.25) is 14.4 Å². The monoisotopic (exact) mass is 494 g/mol. The van der Waals surface area contributed by atoms with Gasteiger partial charge in [-0.1, -0.05) is 0 Å². The lowest BCUT2D eigenvalue weighted by Crippen LogP contribution is -2.17. The maximum Gasteiger partial charge on any atom is 0.308 e. The number of hydrogen-bond acceptors (Lipinski definition) is 8. The van der Waals surface area contributed by atoms with Gasteiger partial charge in [0, 0.05) is 30.2 Å². The second-order valence-electron chi connectivity index (χ2n) is 7.38. The van der Waals surface area contributed by atoms with Crippen LogP contribution in [0.15, 0.2) is 54.6 Å². The molecule has 0 unspecified atom stereocenters. The zero-order chi connectivity index (χ0) is 26.2. The molecular formula is C26H26N2O8. The van der Waals surface area contributed by atoms with E-state index in [-0.39, 0.29) is 16.9 Å². The highest BCUT2D eigenvalue weighted by atomic mass is 16.5.